The van der Waals surface area contributed by atoms with Gasteiger partial charge in [-0.15, -0.1) is 0 Å². The quantitative estimate of drug-likeness (QED) is 0.653. The lowest BCUT2D eigenvalue weighted by Gasteiger charge is -2.32. The topological polar surface area (TPSA) is 92.6 Å². The van der Waals surface area contributed by atoms with Crippen molar-refractivity contribution in [3.05, 3.63) is 34.1 Å². The molecule has 1 aromatic carbocycles. The molecule has 7 nitrogen and oxygen atoms in total. The van der Waals surface area contributed by atoms with E-state index in [-0.39, 0.29) is 22.7 Å². The fraction of sp³-hybridized carbons (Fsp3) is 0.571. The lowest BCUT2D eigenvalue weighted by molar-refractivity contribution is -0.385. The molecule has 0 spiro atoms. The molecule has 0 radical (unpaired) electrons. The zero-order valence-electron chi connectivity index (χ0n) is 12.4. The summed E-state index contributed by atoms with van der Waals surface area (Å²) in [6, 6.07) is 3.44. The number of nitro groups is 1. The number of hydrogen-bond donors (Lipinski definition) is 1. The van der Waals surface area contributed by atoms with Crippen molar-refractivity contribution in [2.75, 3.05) is 18.4 Å². The van der Waals surface area contributed by atoms with Crippen LogP contribution in [0.15, 0.2) is 18.2 Å². The van der Waals surface area contributed by atoms with E-state index in [2.05, 4.69) is 5.32 Å². The molecule has 9 heteroatoms. The first kappa shape index (κ1) is 16.1. The molecule has 1 aliphatic heterocycles. The molecule has 0 amide bonds. The zero-order chi connectivity index (χ0) is 16.6. The van der Waals surface area contributed by atoms with Crippen molar-refractivity contribution in [2.24, 2.45) is 0 Å². The highest BCUT2D eigenvalue weighted by molar-refractivity contribution is 7.90. The van der Waals surface area contributed by atoms with Gasteiger partial charge in [0.2, 0.25) is 10.0 Å². The molecule has 0 bridgehead atoms. The highest BCUT2D eigenvalue weighted by Gasteiger charge is 2.41. The van der Waals surface area contributed by atoms with E-state index < -0.39 is 20.8 Å². The molecule has 0 atom stereocenters. The van der Waals surface area contributed by atoms with Crippen molar-refractivity contribution in [1.29, 1.82) is 0 Å². The van der Waals surface area contributed by atoms with Crippen LogP contribution in [-0.2, 0) is 10.0 Å². The van der Waals surface area contributed by atoms with Gasteiger partial charge in [0, 0.05) is 25.2 Å². The summed E-state index contributed by atoms with van der Waals surface area (Å²) in [6.07, 6.45) is 2.66. The van der Waals surface area contributed by atoms with Gasteiger partial charge in [-0.3, -0.25) is 10.1 Å². The van der Waals surface area contributed by atoms with Gasteiger partial charge in [0.25, 0.3) is 5.69 Å². The number of hydrogen-bond acceptors (Lipinski definition) is 5. The largest absolute Gasteiger partial charge is 0.380 e. The van der Waals surface area contributed by atoms with E-state index in [1.165, 1.54) is 16.4 Å². The summed E-state index contributed by atoms with van der Waals surface area (Å²) in [6.45, 7) is 0.843. The van der Waals surface area contributed by atoms with Gasteiger partial charge in [-0.25, -0.2) is 17.1 Å². The van der Waals surface area contributed by atoms with Crippen molar-refractivity contribution in [3.63, 3.8) is 0 Å². The minimum Gasteiger partial charge on any atom is -0.380 e. The highest BCUT2D eigenvalue weighted by atomic mass is 32.2. The first-order valence-corrected chi connectivity index (χ1v) is 9.07. The molecule has 3 rings (SSSR count). The second kappa shape index (κ2) is 6.04. The molecule has 1 aromatic rings. The standard InChI is InChI=1S/C14H18FN3O4S/c15-13-9-11(18(19)20)1-4-14(13)16-10-5-7-17(8-6-10)23(21,22)12-2-3-12/h1,4,9-10,12,16H,2-3,5-8H2. The number of nitro benzene ring substituents is 1. The number of benzene rings is 1. The maximum atomic E-state index is 13.9. The molecule has 1 saturated heterocycles. The van der Waals surface area contributed by atoms with Gasteiger partial charge in [0.15, 0.2) is 5.82 Å². The summed E-state index contributed by atoms with van der Waals surface area (Å²) < 4.78 is 39.7. The molecule has 2 aliphatic rings. The minimum absolute atomic E-state index is 0.0448. The van der Waals surface area contributed by atoms with Crippen molar-refractivity contribution < 1.29 is 17.7 Å². The van der Waals surface area contributed by atoms with Gasteiger partial charge < -0.3 is 5.32 Å². The molecule has 0 unspecified atom stereocenters. The van der Waals surface area contributed by atoms with Gasteiger partial charge in [0.1, 0.15) is 0 Å². The lowest BCUT2D eigenvalue weighted by Crippen LogP contribution is -2.43. The molecule has 1 aliphatic carbocycles. The second-order valence-electron chi connectivity index (χ2n) is 5.98. The predicted molar refractivity (Wildman–Crippen MR) is 83.2 cm³/mol. The lowest BCUT2D eigenvalue weighted by atomic mass is 10.1. The number of non-ortho nitro benzene ring substituents is 1. The molecule has 2 fully saturated rings. The summed E-state index contributed by atoms with van der Waals surface area (Å²) in [5.41, 5.74) is -0.0857. The highest BCUT2D eigenvalue weighted by Crippen LogP contribution is 2.32. The number of halogens is 1. The maximum Gasteiger partial charge on any atom is 0.272 e. The molecule has 23 heavy (non-hydrogen) atoms. The minimum atomic E-state index is -3.15. The Morgan fingerprint density at radius 3 is 2.39 bits per heavy atom. The van der Waals surface area contributed by atoms with Crippen molar-refractivity contribution >= 4 is 21.4 Å². The second-order valence-corrected chi connectivity index (χ2v) is 8.20. The van der Waals surface area contributed by atoms with Gasteiger partial charge in [-0.1, -0.05) is 0 Å². The number of anilines is 1. The third kappa shape index (κ3) is 3.45. The van der Waals surface area contributed by atoms with Crippen LogP contribution in [0, 0.1) is 15.9 Å². The van der Waals surface area contributed by atoms with Crippen molar-refractivity contribution in [1.82, 2.24) is 4.31 Å². The average molecular weight is 343 g/mol. The Labute approximate surface area is 133 Å². The van der Waals surface area contributed by atoms with Crippen LogP contribution < -0.4 is 5.32 Å². The van der Waals surface area contributed by atoms with E-state index in [4.69, 9.17) is 0 Å². The third-order valence-electron chi connectivity index (χ3n) is 4.28. The molecular weight excluding hydrogens is 325 g/mol. The first-order chi connectivity index (χ1) is 10.9. The van der Waals surface area contributed by atoms with E-state index >= 15 is 0 Å². The monoisotopic (exact) mass is 343 g/mol. The number of piperidine rings is 1. The van der Waals surface area contributed by atoms with E-state index in [0.717, 1.165) is 18.9 Å². The Bertz CT molecular complexity index is 713. The van der Waals surface area contributed by atoms with E-state index in [1.807, 2.05) is 0 Å². The Balaban J connectivity index is 1.59. The molecule has 1 saturated carbocycles. The third-order valence-corrected chi connectivity index (χ3v) is 6.68. The van der Waals surface area contributed by atoms with Gasteiger partial charge >= 0.3 is 0 Å². The zero-order valence-corrected chi connectivity index (χ0v) is 13.3. The van der Waals surface area contributed by atoms with Crippen molar-refractivity contribution in [3.8, 4) is 0 Å². The van der Waals surface area contributed by atoms with Crippen LogP contribution in [0.25, 0.3) is 0 Å². The van der Waals surface area contributed by atoms with Crippen LogP contribution in [0.4, 0.5) is 15.8 Å². The summed E-state index contributed by atoms with van der Waals surface area (Å²) >= 11 is 0. The molecule has 1 heterocycles. The smallest absolute Gasteiger partial charge is 0.272 e. The van der Waals surface area contributed by atoms with E-state index in [1.54, 1.807) is 0 Å². The number of nitrogens with zero attached hydrogens (tertiary/aromatic N) is 2. The average Bonchev–Trinajstić information content (AvgIpc) is 3.35. The van der Waals surface area contributed by atoms with Crippen LogP contribution >= 0.6 is 0 Å². The normalized spacial score (nSPS) is 20.4. The summed E-state index contributed by atoms with van der Waals surface area (Å²) in [4.78, 5) is 9.96. The fourth-order valence-electron chi connectivity index (χ4n) is 2.79. The Morgan fingerprint density at radius 2 is 1.87 bits per heavy atom. The van der Waals surface area contributed by atoms with Crippen LogP contribution in [0.5, 0.6) is 0 Å². The van der Waals surface area contributed by atoms with E-state index in [0.29, 0.717) is 25.9 Å². The summed E-state index contributed by atoms with van der Waals surface area (Å²) in [7, 11) is -3.15. The number of rotatable bonds is 5. The SMILES string of the molecule is O=[N+]([O-])c1ccc(NC2CCN(S(=O)(=O)C3CC3)CC2)c(F)c1. The fourth-order valence-corrected chi connectivity index (χ4v) is 4.66. The van der Waals surface area contributed by atoms with Crippen LogP contribution in [0.1, 0.15) is 25.7 Å². The molecule has 1 N–H and O–H groups in total. The summed E-state index contributed by atoms with van der Waals surface area (Å²) in [5, 5.41) is 13.4. The Hall–Kier alpha value is -1.74. The first-order valence-electron chi connectivity index (χ1n) is 7.57. The molecule has 0 aromatic heterocycles. The predicted octanol–water partition coefficient (Wildman–Crippen LogP) is 2.10. The number of nitrogens with one attached hydrogen (secondary N) is 1. The Morgan fingerprint density at radius 1 is 1.22 bits per heavy atom. The summed E-state index contributed by atoms with van der Waals surface area (Å²) in [5.74, 6) is -0.674. The van der Waals surface area contributed by atoms with Gasteiger partial charge in [-0.05, 0) is 31.7 Å². The number of sulfonamides is 1. The molecule has 126 valence electrons. The van der Waals surface area contributed by atoms with E-state index in [9.17, 15) is 22.9 Å². The van der Waals surface area contributed by atoms with Crippen LogP contribution in [0.2, 0.25) is 0 Å². The Kier molecular flexibility index (Phi) is 4.24. The van der Waals surface area contributed by atoms with Crippen LogP contribution in [0.3, 0.4) is 0 Å². The van der Waals surface area contributed by atoms with Crippen LogP contribution in [-0.4, -0.2) is 42.0 Å². The molecular formula is C14H18FN3O4S. The van der Waals surface area contributed by atoms with Crippen molar-refractivity contribution in [2.45, 2.75) is 37.0 Å². The maximum absolute atomic E-state index is 13.9. The van der Waals surface area contributed by atoms with Gasteiger partial charge in [0.05, 0.1) is 21.9 Å². The van der Waals surface area contributed by atoms with Gasteiger partial charge in [-0.2, -0.15) is 0 Å².